The molecule has 4 rings (SSSR count). The first kappa shape index (κ1) is 17.0. The van der Waals surface area contributed by atoms with Gasteiger partial charge in [0.25, 0.3) is 0 Å². The van der Waals surface area contributed by atoms with Crippen LogP contribution in [0.15, 0.2) is 67.1 Å². The van der Waals surface area contributed by atoms with Crippen LogP contribution in [0, 0.1) is 5.82 Å². The summed E-state index contributed by atoms with van der Waals surface area (Å²) in [6.07, 6.45) is 6.34. The molecule has 0 atom stereocenters. The maximum atomic E-state index is 13.3. The molecule has 2 aromatic heterocycles. The quantitative estimate of drug-likeness (QED) is 0.542. The molecule has 27 heavy (non-hydrogen) atoms. The summed E-state index contributed by atoms with van der Waals surface area (Å²) >= 11 is 0. The molecule has 0 unspecified atom stereocenters. The minimum absolute atomic E-state index is 0.0643. The van der Waals surface area contributed by atoms with Gasteiger partial charge < -0.3 is 10.3 Å². The summed E-state index contributed by atoms with van der Waals surface area (Å²) < 4.78 is 14.9. The Kier molecular flexibility index (Phi) is 4.70. The van der Waals surface area contributed by atoms with Crippen LogP contribution < -0.4 is 5.32 Å². The molecule has 2 N–H and O–H groups in total. The standard InChI is InChI=1S/C21H19FN4O/c22-17-5-3-4-15(10-17)13-26-14-18(12-24-26)25-21(27)9-8-16-11-23-20-7-2-1-6-19(16)20/h1-7,10-12,14,23H,8-9,13H2,(H,25,27). The molecule has 0 aliphatic heterocycles. The van der Waals surface area contributed by atoms with Gasteiger partial charge >= 0.3 is 0 Å². The van der Waals surface area contributed by atoms with E-state index in [4.69, 9.17) is 0 Å². The van der Waals surface area contributed by atoms with E-state index in [2.05, 4.69) is 21.5 Å². The third-order valence-electron chi connectivity index (χ3n) is 4.45. The summed E-state index contributed by atoms with van der Waals surface area (Å²) in [6.45, 7) is 0.447. The summed E-state index contributed by atoms with van der Waals surface area (Å²) in [5, 5.41) is 8.23. The number of nitrogens with zero attached hydrogens (tertiary/aromatic N) is 2. The van der Waals surface area contributed by atoms with Gasteiger partial charge in [-0.05, 0) is 35.7 Å². The number of H-pyrrole nitrogens is 1. The second kappa shape index (κ2) is 7.45. The van der Waals surface area contributed by atoms with Crippen LogP contribution in [0.2, 0.25) is 0 Å². The predicted octanol–water partition coefficient (Wildman–Crippen LogP) is 4.12. The molecule has 1 amide bonds. The molecule has 0 aliphatic rings. The third-order valence-corrected chi connectivity index (χ3v) is 4.45. The van der Waals surface area contributed by atoms with E-state index in [1.54, 1.807) is 23.1 Å². The Morgan fingerprint density at radius 2 is 2.07 bits per heavy atom. The topological polar surface area (TPSA) is 62.7 Å². The third kappa shape index (κ3) is 4.06. The number of rotatable bonds is 6. The van der Waals surface area contributed by atoms with Crippen LogP contribution in [-0.2, 0) is 17.8 Å². The van der Waals surface area contributed by atoms with Crippen molar-refractivity contribution >= 4 is 22.5 Å². The molecular weight excluding hydrogens is 343 g/mol. The van der Waals surface area contributed by atoms with Crippen molar-refractivity contribution in [2.45, 2.75) is 19.4 Å². The number of aromatic nitrogens is 3. The maximum Gasteiger partial charge on any atom is 0.224 e. The molecule has 2 heterocycles. The summed E-state index contributed by atoms with van der Waals surface area (Å²) in [4.78, 5) is 15.5. The van der Waals surface area contributed by atoms with Gasteiger partial charge in [-0.1, -0.05) is 30.3 Å². The molecule has 0 spiro atoms. The van der Waals surface area contributed by atoms with Gasteiger partial charge in [-0.25, -0.2) is 4.39 Å². The van der Waals surface area contributed by atoms with Crippen LogP contribution in [-0.4, -0.2) is 20.7 Å². The van der Waals surface area contributed by atoms with Crippen LogP contribution in [0.5, 0.6) is 0 Å². The number of hydrogen-bond acceptors (Lipinski definition) is 2. The molecule has 0 aliphatic carbocycles. The predicted molar refractivity (Wildman–Crippen MR) is 103 cm³/mol. The highest BCUT2D eigenvalue weighted by molar-refractivity contribution is 5.91. The molecule has 0 saturated heterocycles. The SMILES string of the molecule is O=C(CCc1c[nH]c2ccccc12)Nc1cnn(Cc2cccc(F)c2)c1. The Balaban J connectivity index is 1.34. The van der Waals surface area contributed by atoms with Crippen LogP contribution in [0.25, 0.3) is 10.9 Å². The van der Waals surface area contributed by atoms with E-state index in [-0.39, 0.29) is 11.7 Å². The van der Waals surface area contributed by atoms with Crippen molar-refractivity contribution in [1.82, 2.24) is 14.8 Å². The Bertz CT molecular complexity index is 1080. The van der Waals surface area contributed by atoms with Crippen molar-refractivity contribution in [3.8, 4) is 0 Å². The van der Waals surface area contributed by atoms with Crippen molar-refractivity contribution < 1.29 is 9.18 Å². The molecule has 136 valence electrons. The number of aryl methyl sites for hydroxylation is 1. The van der Waals surface area contributed by atoms with E-state index in [0.29, 0.717) is 25.1 Å². The lowest BCUT2D eigenvalue weighted by atomic mass is 10.1. The zero-order valence-corrected chi connectivity index (χ0v) is 14.7. The molecule has 4 aromatic rings. The molecule has 0 saturated carbocycles. The first-order valence-electron chi connectivity index (χ1n) is 8.79. The van der Waals surface area contributed by atoms with Gasteiger partial charge in [0.15, 0.2) is 0 Å². The number of para-hydroxylation sites is 1. The minimum atomic E-state index is -0.273. The minimum Gasteiger partial charge on any atom is -0.361 e. The number of halogens is 1. The van der Waals surface area contributed by atoms with Gasteiger partial charge in [0.1, 0.15) is 5.82 Å². The average molecular weight is 362 g/mol. The fourth-order valence-corrected chi connectivity index (χ4v) is 3.15. The largest absolute Gasteiger partial charge is 0.361 e. The van der Waals surface area contributed by atoms with E-state index in [1.807, 2.05) is 30.5 Å². The normalized spacial score (nSPS) is 11.0. The number of nitrogens with one attached hydrogen (secondary N) is 2. The number of anilines is 1. The Morgan fingerprint density at radius 3 is 2.96 bits per heavy atom. The molecular formula is C21H19FN4O. The highest BCUT2D eigenvalue weighted by atomic mass is 19.1. The summed E-state index contributed by atoms with van der Waals surface area (Å²) in [5.41, 5.74) is 3.65. The zero-order chi connectivity index (χ0) is 18.6. The van der Waals surface area contributed by atoms with E-state index in [0.717, 1.165) is 22.0 Å². The van der Waals surface area contributed by atoms with E-state index in [1.165, 1.54) is 12.1 Å². The van der Waals surface area contributed by atoms with E-state index < -0.39 is 0 Å². The fraction of sp³-hybridized carbons (Fsp3) is 0.143. The van der Waals surface area contributed by atoms with Crippen LogP contribution >= 0.6 is 0 Å². The number of amides is 1. The van der Waals surface area contributed by atoms with Gasteiger partial charge in [0.2, 0.25) is 5.91 Å². The zero-order valence-electron chi connectivity index (χ0n) is 14.7. The average Bonchev–Trinajstić information content (AvgIpc) is 3.27. The van der Waals surface area contributed by atoms with Crippen LogP contribution in [0.1, 0.15) is 17.5 Å². The van der Waals surface area contributed by atoms with Crippen molar-refractivity contribution in [3.05, 3.63) is 84.1 Å². The Hall–Kier alpha value is -3.41. The molecule has 0 bridgehead atoms. The number of carbonyl (C=O) groups is 1. The van der Waals surface area contributed by atoms with Crippen molar-refractivity contribution in [2.75, 3.05) is 5.32 Å². The first-order valence-corrected chi connectivity index (χ1v) is 8.79. The summed E-state index contributed by atoms with van der Waals surface area (Å²) in [5.74, 6) is -0.337. The molecule has 5 nitrogen and oxygen atoms in total. The highest BCUT2D eigenvalue weighted by Crippen LogP contribution is 2.19. The van der Waals surface area contributed by atoms with Crippen molar-refractivity contribution in [2.24, 2.45) is 0 Å². The van der Waals surface area contributed by atoms with Gasteiger partial charge in [-0.2, -0.15) is 5.10 Å². The van der Waals surface area contributed by atoms with E-state index >= 15 is 0 Å². The van der Waals surface area contributed by atoms with Crippen LogP contribution in [0.4, 0.5) is 10.1 Å². The number of aromatic amines is 1. The highest BCUT2D eigenvalue weighted by Gasteiger charge is 2.08. The molecule has 2 aromatic carbocycles. The van der Waals surface area contributed by atoms with Gasteiger partial charge in [0.05, 0.1) is 18.4 Å². The molecule has 6 heteroatoms. The second-order valence-corrected chi connectivity index (χ2v) is 6.46. The van der Waals surface area contributed by atoms with Crippen LogP contribution in [0.3, 0.4) is 0 Å². The van der Waals surface area contributed by atoms with Gasteiger partial charge in [-0.15, -0.1) is 0 Å². The lowest BCUT2D eigenvalue weighted by molar-refractivity contribution is -0.116. The van der Waals surface area contributed by atoms with Gasteiger partial charge in [-0.3, -0.25) is 9.48 Å². The monoisotopic (exact) mass is 362 g/mol. The molecule has 0 fully saturated rings. The lowest BCUT2D eigenvalue weighted by Crippen LogP contribution is -2.11. The smallest absolute Gasteiger partial charge is 0.224 e. The maximum absolute atomic E-state index is 13.3. The van der Waals surface area contributed by atoms with Crippen molar-refractivity contribution in [1.29, 1.82) is 0 Å². The summed E-state index contributed by atoms with van der Waals surface area (Å²) in [6, 6.07) is 14.4. The molecule has 0 radical (unpaired) electrons. The number of fused-ring (bicyclic) bond motifs is 1. The lowest BCUT2D eigenvalue weighted by Gasteiger charge is -2.03. The summed E-state index contributed by atoms with van der Waals surface area (Å²) in [7, 11) is 0. The number of carbonyl (C=O) groups excluding carboxylic acids is 1. The fourth-order valence-electron chi connectivity index (χ4n) is 3.15. The Morgan fingerprint density at radius 1 is 1.19 bits per heavy atom. The number of hydrogen-bond donors (Lipinski definition) is 2. The second-order valence-electron chi connectivity index (χ2n) is 6.46. The number of benzene rings is 2. The van der Waals surface area contributed by atoms with Crippen molar-refractivity contribution in [3.63, 3.8) is 0 Å². The Labute approximate surface area is 155 Å². The first-order chi connectivity index (χ1) is 13.2. The van der Waals surface area contributed by atoms with E-state index in [9.17, 15) is 9.18 Å². The van der Waals surface area contributed by atoms with Gasteiger partial charge in [0, 0.05) is 29.7 Å².